The van der Waals surface area contributed by atoms with Crippen LogP contribution in [0.3, 0.4) is 0 Å². The largest absolute Gasteiger partial charge is 0.488 e. The average Bonchev–Trinajstić information content (AvgIpc) is 2.75. The van der Waals surface area contributed by atoms with E-state index >= 15 is 0 Å². The van der Waals surface area contributed by atoms with Crippen molar-refractivity contribution in [2.75, 3.05) is 7.11 Å². The van der Waals surface area contributed by atoms with Crippen molar-refractivity contribution < 1.29 is 14.3 Å². The molecule has 19 heavy (non-hydrogen) atoms. The number of para-hydroxylation sites is 1. The average molecular weight is 263 g/mol. The molecule has 2 rings (SSSR count). The number of hydrogen-bond acceptors (Lipinski definition) is 4. The molecular formula is C15H21NO3. The summed E-state index contributed by atoms with van der Waals surface area (Å²) >= 11 is 0. The Labute approximate surface area is 114 Å². The van der Waals surface area contributed by atoms with Crippen LogP contribution in [-0.2, 0) is 9.53 Å². The third-order valence-electron chi connectivity index (χ3n) is 3.73. The molecule has 1 aliphatic heterocycles. The zero-order valence-corrected chi connectivity index (χ0v) is 11.8. The van der Waals surface area contributed by atoms with E-state index in [9.17, 15) is 4.79 Å². The molecule has 1 N–H and O–H groups in total. The highest BCUT2D eigenvalue weighted by Crippen LogP contribution is 2.38. The molecule has 0 saturated heterocycles. The van der Waals surface area contributed by atoms with Crippen LogP contribution >= 0.6 is 0 Å². The molecule has 0 aliphatic carbocycles. The van der Waals surface area contributed by atoms with Gasteiger partial charge in [0, 0.05) is 17.5 Å². The van der Waals surface area contributed by atoms with E-state index < -0.39 is 0 Å². The molecule has 0 aromatic heterocycles. The number of nitrogens with one attached hydrogen (secondary N) is 1. The van der Waals surface area contributed by atoms with Gasteiger partial charge in [-0.15, -0.1) is 0 Å². The minimum absolute atomic E-state index is 0.0320. The van der Waals surface area contributed by atoms with Gasteiger partial charge in [-0.25, -0.2) is 0 Å². The Morgan fingerprint density at radius 1 is 1.37 bits per heavy atom. The molecule has 0 bridgehead atoms. The molecule has 0 saturated carbocycles. The van der Waals surface area contributed by atoms with Crippen molar-refractivity contribution in [2.45, 2.75) is 44.9 Å². The number of carbonyl (C=O) groups excluding carboxylic acids is 1. The van der Waals surface area contributed by atoms with E-state index in [1.807, 2.05) is 25.1 Å². The Morgan fingerprint density at radius 3 is 2.68 bits per heavy atom. The molecular weight excluding hydrogens is 242 g/mol. The second-order valence-electron chi connectivity index (χ2n) is 5.11. The van der Waals surface area contributed by atoms with Gasteiger partial charge in [-0.1, -0.05) is 25.1 Å². The first-order valence-electron chi connectivity index (χ1n) is 6.64. The van der Waals surface area contributed by atoms with Crippen LogP contribution in [0.15, 0.2) is 24.3 Å². The van der Waals surface area contributed by atoms with Gasteiger partial charge in [-0.3, -0.25) is 10.1 Å². The molecule has 0 amide bonds. The van der Waals surface area contributed by atoms with E-state index in [0.29, 0.717) is 5.92 Å². The lowest BCUT2D eigenvalue weighted by molar-refractivity contribution is -0.143. The SMILES string of the molecule is COC(=O)C(C)NC(C)C1Oc2ccccc2C1C. The van der Waals surface area contributed by atoms with Gasteiger partial charge in [0.2, 0.25) is 0 Å². The number of esters is 1. The quantitative estimate of drug-likeness (QED) is 0.845. The first-order chi connectivity index (χ1) is 9.04. The Morgan fingerprint density at radius 2 is 2.05 bits per heavy atom. The molecule has 0 spiro atoms. The third kappa shape index (κ3) is 2.73. The normalized spacial score (nSPS) is 24.2. The highest BCUT2D eigenvalue weighted by molar-refractivity contribution is 5.75. The second-order valence-corrected chi connectivity index (χ2v) is 5.11. The number of rotatable bonds is 4. The number of hydrogen-bond donors (Lipinski definition) is 1. The molecule has 104 valence electrons. The van der Waals surface area contributed by atoms with E-state index in [2.05, 4.69) is 18.3 Å². The summed E-state index contributed by atoms with van der Waals surface area (Å²) in [5, 5.41) is 3.24. The number of fused-ring (bicyclic) bond motifs is 1. The Hall–Kier alpha value is -1.55. The summed E-state index contributed by atoms with van der Waals surface area (Å²) in [7, 11) is 1.40. The van der Waals surface area contributed by atoms with Crippen molar-refractivity contribution in [1.82, 2.24) is 5.32 Å². The highest BCUT2D eigenvalue weighted by atomic mass is 16.5. The van der Waals surface area contributed by atoms with Crippen LogP contribution in [0.5, 0.6) is 5.75 Å². The first kappa shape index (κ1) is 13.9. The maximum absolute atomic E-state index is 11.4. The molecule has 1 aromatic carbocycles. The molecule has 1 heterocycles. The van der Waals surface area contributed by atoms with Crippen LogP contribution in [0, 0.1) is 0 Å². The second kappa shape index (κ2) is 5.61. The monoisotopic (exact) mass is 263 g/mol. The van der Waals surface area contributed by atoms with Crippen molar-refractivity contribution in [1.29, 1.82) is 0 Å². The zero-order valence-electron chi connectivity index (χ0n) is 11.8. The van der Waals surface area contributed by atoms with Gasteiger partial charge in [0.15, 0.2) is 0 Å². The van der Waals surface area contributed by atoms with Gasteiger partial charge in [-0.2, -0.15) is 0 Å². The smallest absolute Gasteiger partial charge is 0.322 e. The number of ether oxygens (including phenoxy) is 2. The summed E-state index contributed by atoms with van der Waals surface area (Å²) in [5.41, 5.74) is 1.23. The van der Waals surface area contributed by atoms with Crippen molar-refractivity contribution in [3.05, 3.63) is 29.8 Å². The maximum Gasteiger partial charge on any atom is 0.322 e. The van der Waals surface area contributed by atoms with Gasteiger partial charge in [0.05, 0.1) is 7.11 Å². The molecule has 4 heteroatoms. The Kier molecular flexibility index (Phi) is 4.10. The van der Waals surface area contributed by atoms with Gasteiger partial charge in [0.1, 0.15) is 17.9 Å². The van der Waals surface area contributed by atoms with Gasteiger partial charge in [-0.05, 0) is 19.9 Å². The van der Waals surface area contributed by atoms with Crippen molar-refractivity contribution >= 4 is 5.97 Å². The fourth-order valence-electron chi connectivity index (χ4n) is 2.66. The van der Waals surface area contributed by atoms with Crippen LogP contribution in [0.4, 0.5) is 0 Å². The fourth-order valence-corrected chi connectivity index (χ4v) is 2.66. The minimum Gasteiger partial charge on any atom is -0.488 e. The van der Waals surface area contributed by atoms with E-state index in [-0.39, 0.29) is 24.2 Å². The predicted octanol–water partition coefficient (Wildman–Crippen LogP) is 2.09. The number of benzene rings is 1. The van der Waals surface area contributed by atoms with E-state index in [0.717, 1.165) is 5.75 Å². The fraction of sp³-hybridized carbons (Fsp3) is 0.533. The van der Waals surface area contributed by atoms with E-state index in [4.69, 9.17) is 9.47 Å². The molecule has 4 atom stereocenters. The van der Waals surface area contributed by atoms with E-state index in [1.165, 1.54) is 12.7 Å². The summed E-state index contributed by atoms with van der Waals surface area (Å²) in [5.74, 6) is 0.998. The van der Waals surface area contributed by atoms with Crippen molar-refractivity contribution in [3.63, 3.8) is 0 Å². The minimum atomic E-state index is -0.334. The molecule has 1 aliphatic rings. The third-order valence-corrected chi connectivity index (χ3v) is 3.73. The lowest BCUT2D eigenvalue weighted by atomic mass is 9.93. The molecule has 4 nitrogen and oxygen atoms in total. The molecule has 4 unspecified atom stereocenters. The summed E-state index contributed by atoms with van der Waals surface area (Å²) < 4.78 is 10.7. The van der Waals surface area contributed by atoms with Gasteiger partial charge < -0.3 is 9.47 Å². The van der Waals surface area contributed by atoms with Gasteiger partial charge in [0.25, 0.3) is 0 Å². The number of carbonyl (C=O) groups is 1. The lowest BCUT2D eigenvalue weighted by Gasteiger charge is -2.26. The topological polar surface area (TPSA) is 47.6 Å². The predicted molar refractivity (Wildman–Crippen MR) is 73.3 cm³/mol. The molecule has 0 radical (unpaired) electrons. The van der Waals surface area contributed by atoms with Crippen LogP contribution in [0.1, 0.15) is 32.3 Å². The Bertz CT molecular complexity index is 460. The van der Waals surface area contributed by atoms with Gasteiger partial charge >= 0.3 is 5.97 Å². The number of methoxy groups -OCH3 is 1. The van der Waals surface area contributed by atoms with Crippen LogP contribution < -0.4 is 10.1 Å². The van der Waals surface area contributed by atoms with Crippen LogP contribution in [-0.4, -0.2) is 31.3 Å². The highest BCUT2D eigenvalue weighted by Gasteiger charge is 2.35. The van der Waals surface area contributed by atoms with Crippen LogP contribution in [0.25, 0.3) is 0 Å². The standard InChI is InChI=1S/C15H21NO3/c1-9-12-7-5-6-8-13(12)19-14(9)10(2)16-11(3)15(17)18-4/h5-11,14,16H,1-4H3. The van der Waals surface area contributed by atoms with E-state index in [1.54, 1.807) is 6.92 Å². The Balaban J connectivity index is 2.03. The van der Waals surface area contributed by atoms with Crippen LogP contribution in [0.2, 0.25) is 0 Å². The summed E-state index contributed by atoms with van der Waals surface area (Å²) in [6.07, 6.45) is 0.0320. The van der Waals surface area contributed by atoms with Crippen molar-refractivity contribution in [2.24, 2.45) is 0 Å². The first-order valence-corrected chi connectivity index (χ1v) is 6.64. The zero-order chi connectivity index (χ0) is 14.0. The summed E-state index contributed by atoms with van der Waals surface area (Å²) in [4.78, 5) is 11.4. The molecule has 0 fully saturated rings. The molecule has 1 aromatic rings. The summed E-state index contributed by atoms with van der Waals surface area (Å²) in [6, 6.07) is 7.81. The summed E-state index contributed by atoms with van der Waals surface area (Å²) in [6.45, 7) is 5.99. The maximum atomic E-state index is 11.4. The van der Waals surface area contributed by atoms with Crippen molar-refractivity contribution in [3.8, 4) is 5.75 Å². The lowest BCUT2D eigenvalue weighted by Crippen LogP contribution is -2.48.